The van der Waals surface area contributed by atoms with Gasteiger partial charge in [-0.1, -0.05) is 68.2 Å². The summed E-state index contributed by atoms with van der Waals surface area (Å²) in [5, 5.41) is 0. The summed E-state index contributed by atoms with van der Waals surface area (Å²) in [5.74, 6) is -0.617. The van der Waals surface area contributed by atoms with Crippen molar-refractivity contribution in [3.8, 4) is 0 Å². The van der Waals surface area contributed by atoms with Crippen molar-refractivity contribution in [2.45, 2.75) is 57.4 Å². The Balaban J connectivity index is 5.37. The molecule has 0 saturated heterocycles. The van der Waals surface area contributed by atoms with Crippen molar-refractivity contribution in [1.29, 1.82) is 0 Å². The van der Waals surface area contributed by atoms with Crippen molar-refractivity contribution < 1.29 is 23.8 Å². The van der Waals surface area contributed by atoms with Gasteiger partial charge in [-0.05, 0) is 32.6 Å². The second-order valence-corrected chi connectivity index (χ2v) is 9.80. The van der Waals surface area contributed by atoms with E-state index in [2.05, 4.69) is 13.2 Å². The van der Waals surface area contributed by atoms with Crippen LogP contribution < -0.4 is 0 Å². The highest BCUT2D eigenvalue weighted by molar-refractivity contribution is 6.67. The lowest BCUT2D eigenvalue weighted by atomic mass is 9.76. The van der Waals surface area contributed by atoms with Crippen LogP contribution in [-0.4, -0.2) is 35.0 Å². The number of carbonyl (C=O) groups is 2. The first-order valence-corrected chi connectivity index (χ1v) is 10.3. The lowest BCUT2D eigenvalue weighted by molar-refractivity contribution is -0.136. The zero-order valence-corrected chi connectivity index (χ0v) is 19.5. The van der Waals surface area contributed by atoms with Gasteiger partial charge in [-0.2, -0.15) is 0 Å². The van der Waals surface area contributed by atoms with Crippen LogP contribution in [0.2, 0.25) is 0 Å². The number of allylic oxidation sites excluding steroid dienone is 2. The van der Waals surface area contributed by atoms with Gasteiger partial charge >= 0.3 is 6.16 Å². The Morgan fingerprint density at radius 2 is 1.71 bits per heavy atom. The van der Waals surface area contributed by atoms with Gasteiger partial charge < -0.3 is 14.2 Å². The minimum atomic E-state index is -1.75. The minimum absolute atomic E-state index is 0.163. The van der Waals surface area contributed by atoms with Crippen molar-refractivity contribution >= 4 is 46.7 Å². The molecule has 0 aromatic heterocycles. The molecule has 0 radical (unpaired) electrons. The third-order valence-corrected chi connectivity index (χ3v) is 4.71. The third kappa shape index (κ3) is 9.06. The molecule has 0 aromatic carbocycles. The smallest absolute Gasteiger partial charge is 0.498 e. The fourth-order valence-electron chi connectivity index (χ4n) is 2.66. The van der Waals surface area contributed by atoms with Crippen LogP contribution in [-0.2, 0) is 19.0 Å². The molecule has 0 aliphatic rings. The molecule has 0 aromatic rings. The Bertz CT molecular complexity index is 555. The number of halogens is 3. The Hall–Kier alpha value is -0.910. The first kappa shape index (κ1) is 27.1. The maximum absolute atomic E-state index is 13.2. The van der Waals surface area contributed by atoms with E-state index < -0.39 is 34.0 Å². The summed E-state index contributed by atoms with van der Waals surface area (Å²) in [7, 11) is 0. The molecule has 162 valence electrons. The van der Waals surface area contributed by atoms with E-state index in [1.165, 1.54) is 0 Å². The maximum Gasteiger partial charge on any atom is 0.508 e. The normalized spacial score (nSPS) is 15.1. The van der Waals surface area contributed by atoms with Gasteiger partial charge in [0, 0.05) is 0 Å². The maximum atomic E-state index is 13.2. The molecule has 0 rings (SSSR count). The molecule has 28 heavy (non-hydrogen) atoms. The van der Waals surface area contributed by atoms with Crippen LogP contribution >= 0.6 is 34.8 Å². The summed E-state index contributed by atoms with van der Waals surface area (Å²) in [5.41, 5.74) is -0.953. The molecule has 0 aliphatic heterocycles. The molecule has 0 fully saturated rings. The average molecular weight is 458 g/mol. The van der Waals surface area contributed by atoms with Crippen molar-refractivity contribution in [3.05, 3.63) is 25.0 Å². The van der Waals surface area contributed by atoms with E-state index in [-0.39, 0.29) is 11.7 Å². The van der Waals surface area contributed by atoms with Gasteiger partial charge in [0.1, 0.15) is 18.5 Å². The lowest BCUT2D eigenvalue weighted by Gasteiger charge is -2.34. The van der Waals surface area contributed by atoms with E-state index in [0.717, 1.165) is 6.42 Å². The molecule has 0 heterocycles. The molecule has 0 N–H and O–H groups in total. The van der Waals surface area contributed by atoms with Crippen molar-refractivity contribution in [1.82, 2.24) is 0 Å². The molecule has 0 spiro atoms. The summed E-state index contributed by atoms with van der Waals surface area (Å²) in [6.07, 6.45) is 1.26. The monoisotopic (exact) mass is 456 g/mol. The minimum Gasteiger partial charge on any atom is -0.498 e. The van der Waals surface area contributed by atoms with Crippen LogP contribution in [0.4, 0.5) is 4.79 Å². The van der Waals surface area contributed by atoms with Gasteiger partial charge in [-0.15, -0.1) is 6.58 Å². The summed E-state index contributed by atoms with van der Waals surface area (Å²) < 4.78 is 14.1. The molecule has 0 amide bonds. The second-order valence-electron chi connectivity index (χ2n) is 7.29. The Morgan fingerprint density at radius 1 is 1.14 bits per heavy atom. The van der Waals surface area contributed by atoms with Crippen LogP contribution in [0.25, 0.3) is 0 Å². The molecule has 0 aliphatic carbocycles. The zero-order valence-electron chi connectivity index (χ0n) is 17.2. The Labute approximate surface area is 183 Å². The van der Waals surface area contributed by atoms with Crippen molar-refractivity contribution in [2.75, 3.05) is 13.2 Å². The average Bonchev–Trinajstić information content (AvgIpc) is 2.60. The van der Waals surface area contributed by atoms with E-state index in [4.69, 9.17) is 49.0 Å². The largest absolute Gasteiger partial charge is 0.508 e. The molecule has 0 bridgehead atoms. The quantitative estimate of drug-likeness (QED) is 0.150. The van der Waals surface area contributed by atoms with E-state index in [9.17, 15) is 9.59 Å². The SMILES string of the molecule is C=CC[C@H](C)[C@H](OC(=O)OCC(Cl)(Cl)Cl)[C@@H](C)C(=O)C(C)(C)C(=C)OCCC. The molecular formula is C20H31Cl3O5. The highest BCUT2D eigenvalue weighted by atomic mass is 35.6. The fourth-order valence-corrected chi connectivity index (χ4v) is 2.82. The number of ketones is 1. The van der Waals surface area contributed by atoms with Crippen molar-refractivity contribution in [3.63, 3.8) is 0 Å². The number of hydrogen-bond acceptors (Lipinski definition) is 5. The number of Topliss-reactive ketones (excluding diaryl/α,β-unsaturated/α-hetero) is 1. The first-order chi connectivity index (χ1) is 12.8. The van der Waals surface area contributed by atoms with Crippen LogP contribution in [0.15, 0.2) is 25.0 Å². The van der Waals surface area contributed by atoms with Crippen LogP contribution in [0.3, 0.4) is 0 Å². The highest BCUT2D eigenvalue weighted by Crippen LogP contribution is 2.34. The van der Waals surface area contributed by atoms with E-state index in [1.54, 1.807) is 26.8 Å². The Morgan fingerprint density at radius 3 is 2.18 bits per heavy atom. The first-order valence-electron chi connectivity index (χ1n) is 9.15. The highest BCUT2D eigenvalue weighted by Gasteiger charge is 2.41. The number of alkyl halides is 3. The topological polar surface area (TPSA) is 61.8 Å². The van der Waals surface area contributed by atoms with Crippen LogP contribution in [0.1, 0.15) is 47.5 Å². The van der Waals surface area contributed by atoms with Crippen LogP contribution in [0.5, 0.6) is 0 Å². The van der Waals surface area contributed by atoms with Gasteiger partial charge in [-0.25, -0.2) is 4.79 Å². The second kappa shape index (κ2) is 11.9. The van der Waals surface area contributed by atoms with E-state index >= 15 is 0 Å². The molecule has 0 saturated carbocycles. The van der Waals surface area contributed by atoms with Gasteiger partial charge in [0.15, 0.2) is 5.78 Å². The molecule has 3 atom stereocenters. The summed E-state index contributed by atoms with van der Waals surface area (Å²) in [6, 6.07) is 0. The summed E-state index contributed by atoms with van der Waals surface area (Å²) >= 11 is 16.7. The molecule has 8 heteroatoms. The number of hydrogen-bond donors (Lipinski definition) is 0. The predicted octanol–water partition coefficient (Wildman–Crippen LogP) is 6.26. The van der Waals surface area contributed by atoms with Gasteiger partial charge in [-0.3, -0.25) is 4.79 Å². The Kier molecular flexibility index (Phi) is 11.6. The number of ether oxygens (including phenoxy) is 3. The van der Waals surface area contributed by atoms with Gasteiger partial charge in [0.05, 0.1) is 17.9 Å². The summed E-state index contributed by atoms with van der Waals surface area (Å²) in [4.78, 5) is 25.2. The lowest BCUT2D eigenvalue weighted by Crippen LogP contribution is -2.42. The fraction of sp³-hybridized carbons (Fsp3) is 0.700. The summed E-state index contributed by atoms with van der Waals surface area (Å²) in [6.45, 7) is 16.6. The predicted molar refractivity (Wildman–Crippen MR) is 114 cm³/mol. The molecular weight excluding hydrogens is 427 g/mol. The van der Waals surface area contributed by atoms with E-state index in [0.29, 0.717) is 18.8 Å². The standard InChI is InChI=1S/C20H31Cl3O5/c1-8-10-13(3)16(28-18(25)27-12-20(21,22)23)14(4)17(24)19(6,7)15(5)26-11-9-2/h8,13-14,16H,1,5,9-12H2,2-4,6-7H3/t13-,14+,16-/m0/s1. The number of rotatable bonds is 12. The third-order valence-electron chi connectivity index (χ3n) is 4.39. The molecule has 5 nitrogen and oxygen atoms in total. The van der Waals surface area contributed by atoms with Gasteiger partial charge in [0.2, 0.25) is 3.79 Å². The molecule has 0 unspecified atom stereocenters. The number of carbonyl (C=O) groups excluding carboxylic acids is 2. The van der Waals surface area contributed by atoms with E-state index in [1.807, 2.05) is 13.8 Å². The zero-order chi connectivity index (χ0) is 22.1. The van der Waals surface area contributed by atoms with Crippen LogP contribution in [0, 0.1) is 17.3 Å². The van der Waals surface area contributed by atoms with Crippen molar-refractivity contribution in [2.24, 2.45) is 17.3 Å². The van der Waals surface area contributed by atoms with Gasteiger partial charge in [0.25, 0.3) is 0 Å².